The first-order chi connectivity index (χ1) is 10.7. The summed E-state index contributed by atoms with van der Waals surface area (Å²) in [7, 11) is 0. The maximum Gasteiger partial charge on any atom is 0.225 e. The van der Waals surface area contributed by atoms with Gasteiger partial charge in [0.05, 0.1) is 12.0 Å². The molecule has 2 saturated heterocycles. The van der Waals surface area contributed by atoms with Gasteiger partial charge in [0.2, 0.25) is 11.8 Å². The van der Waals surface area contributed by atoms with Crippen molar-refractivity contribution in [1.29, 1.82) is 0 Å². The highest BCUT2D eigenvalue weighted by Crippen LogP contribution is 2.29. The molecule has 0 saturated carbocycles. The van der Waals surface area contributed by atoms with Crippen molar-refractivity contribution < 1.29 is 14.3 Å². The Morgan fingerprint density at radius 2 is 2.41 bits per heavy atom. The molecule has 0 aromatic carbocycles. The summed E-state index contributed by atoms with van der Waals surface area (Å²) in [4.78, 5) is 30.0. The number of hydrogen-bond acceptors (Lipinski definition) is 4. The molecule has 3 atom stereocenters. The first-order valence-corrected chi connectivity index (χ1v) is 7.78. The number of carbonyl (C=O) groups excluding carboxylic acids is 2. The van der Waals surface area contributed by atoms with E-state index in [1.807, 2.05) is 19.1 Å². The topological polar surface area (TPSA) is 71.5 Å². The van der Waals surface area contributed by atoms with Gasteiger partial charge < -0.3 is 15.0 Å². The highest BCUT2D eigenvalue weighted by molar-refractivity contribution is 5.89. The molecule has 0 radical (unpaired) electrons. The van der Waals surface area contributed by atoms with Crippen molar-refractivity contribution in [1.82, 2.24) is 15.2 Å². The van der Waals surface area contributed by atoms with Crippen molar-refractivity contribution in [3.63, 3.8) is 0 Å². The Hall–Kier alpha value is -1.95. The number of nitrogens with zero attached hydrogens (tertiary/aromatic N) is 2. The Morgan fingerprint density at radius 3 is 3.09 bits per heavy atom. The summed E-state index contributed by atoms with van der Waals surface area (Å²) in [5.74, 6) is -0.231. The maximum atomic E-state index is 12.4. The molecular formula is C16H21N3O3. The van der Waals surface area contributed by atoms with Crippen LogP contribution in [0.25, 0.3) is 0 Å². The van der Waals surface area contributed by atoms with Crippen molar-refractivity contribution in [3.8, 4) is 0 Å². The predicted octanol–water partition coefficient (Wildman–Crippen LogP) is 0.896. The van der Waals surface area contributed by atoms with Gasteiger partial charge in [0.15, 0.2) is 0 Å². The molecule has 1 aromatic heterocycles. The summed E-state index contributed by atoms with van der Waals surface area (Å²) in [5.41, 5.74) is 0.975. The Labute approximate surface area is 129 Å². The Morgan fingerprint density at radius 1 is 1.55 bits per heavy atom. The Balaban J connectivity index is 1.63. The second-order valence-electron chi connectivity index (χ2n) is 5.81. The standard InChI is InChI=1S/C16H21N3O3/c1-2-19-10-12(8-14(19)20)16(21)18-13-5-7-22-15(13)11-4-3-6-17-9-11/h3-4,6,9,12-13,15H,2,5,7-8,10H2,1H3,(H,18,21)/t12?,13-,15+/m0/s1. The average Bonchev–Trinajstić information content (AvgIpc) is 3.14. The molecule has 1 unspecified atom stereocenters. The van der Waals surface area contributed by atoms with Gasteiger partial charge in [0.1, 0.15) is 6.10 Å². The molecule has 1 aromatic rings. The highest BCUT2D eigenvalue weighted by atomic mass is 16.5. The van der Waals surface area contributed by atoms with Crippen LogP contribution < -0.4 is 5.32 Å². The van der Waals surface area contributed by atoms with E-state index >= 15 is 0 Å². The molecule has 1 N–H and O–H groups in total. The van der Waals surface area contributed by atoms with Gasteiger partial charge in [-0.2, -0.15) is 0 Å². The smallest absolute Gasteiger partial charge is 0.225 e. The number of carbonyl (C=O) groups is 2. The molecule has 3 heterocycles. The lowest BCUT2D eigenvalue weighted by molar-refractivity contribution is -0.129. The highest BCUT2D eigenvalue weighted by Gasteiger charge is 2.37. The van der Waals surface area contributed by atoms with Crippen LogP contribution in [0, 0.1) is 5.92 Å². The van der Waals surface area contributed by atoms with E-state index in [0.29, 0.717) is 26.1 Å². The lowest BCUT2D eigenvalue weighted by Gasteiger charge is -2.21. The minimum absolute atomic E-state index is 0.0475. The van der Waals surface area contributed by atoms with E-state index < -0.39 is 0 Å². The van der Waals surface area contributed by atoms with Crippen LogP contribution in [0.2, 0.25) is 0 Å². The van der Waals surface area contributed by atoms with E-state index in [4.69, 9.17) is 4.74 Å². The summed E-state index contributed by atoms with van der Waals surface area (Å²) < 4.78 is 5.75. The van der Waals surface area contributed by atoms with E-state index in [0.717, 1.165) is 12.0 Å². The van der Waals surface area contributed by atoms with Crippen molar-refractivity contribution in [2.45, 2.75) is 31.9 Å². The molecule has 6 nitrogen and oxygen atoms in total. The number of nitrogens with one attached hydrogen (secondary N) is 1. The van der Waals surface area contributed by atoms with Gasteiger partial charge in [-0.05, 0) is 19.4 Å². The van der Waals surface area contributed by atoms with E-state index in [9.17, 15) is 9.59 Å². The first kappa shape index (κ1) is 15.0. The van der Waals surface area contributed by atoms with Crippen molar-refractivity contribution in [2.75, 3.05) is 19.7 Å². The number of rotatable bonds is 4. The van der Waals surface area contributed by atoms with Crippen LogP contribution in [-0.2, 0) is 14.3 Å². The van der Waals surface area contributed by atoms with Crippen LogP contribution in [0.5, 0.6) is 0 Å². The fourth-order valence-electron chi connectivity index (χ4n) is 3.16. The van der Waals surface area contributed by atoms with Gasteiger partial charge >= 0.3 is 0 Å². The number of likely N-dealkylation sites (tertiary alicyclic amines) is 1. The van der Waals surface area contributed by atoms with Crippen molar-refractivity contribution in [2.24, 2.45) is 5.92 Å². The van der Waals surface area contributed by atoms with Gasteiger partial charge in [0, 0.05) is 44.1 Å². The Kier molecular flexibility index (Phi) is 4.38. The first-order valence-electron chi connectivity index (χ1n) is 7.78. The fraction of sp³-hybridized carbons (Fsp3) is 0.562. The number of ether oxygens (including phenoxy) is 1. The average molecular weight is 303 g/mol. The molecule has 2 amide bonds. The van der Waals surface area contributed by atoms with Crippen LogP contribution in [0.1, 0.15) is 31.4 Å². The molecule has 2 aliphatic rings. The minimum Gasteiger partial charge on any atom is -0.371 e. The van der Waals surface area contributed by atoms with Crippen LogP contribution >= 0.6 is 0 Å². The summed E-state index contributed by atoms with van der Waals surface area (Å²) in [6.07, 6.45) is 4.42. The van der Waals surface area contributed by atoms with Crippen LogP contribution in [-0.4, -0.2) is 47.4 Å². The SMILES string of the molecule is CCN1CC(C(=O)N[C@H]2CCO[C@@H]2c2cccnc2)CC1=O. The van der Waals surface area contributed by atoms with Crippen LogP contribution in [0.3, 0.4) is 0 Å². The zero-order valence-electron chi connectivity index (χ0n) is 12.7. The summed E-state index contributed by atoms with van der Waals surface area (Å²) in [5, 5.41) is 3.06. The number of amides is 2. The molecule has 118 valence electrons. The van der Waals surface area contributed by atoms with E-state index in [1.165, 1.54) is 0 Å². The van der Waals surface area contributed by atoms with Crippen LogP contribution in [0.4, 0.5) is 0 Å². The minimum atomic E-state index is -0.248. The second kappa shape index (κ2) is 6.44. The van der Waals surface area contributed by atoms with Crippen LogP contribution in [0.15, 0.2) is 24.5 Å². The quantitative estimate of drug-likeness (QED) is 0.897. The zero-order valence-corrected chi connectivity index (χ0v) is 12.7. The predicted molar refractivity (Wildman–Crippen MR) is 79.8 cm³/mol. The van der Waals surface area contributed by atoms with E-state index in [-0.39, 0.29) is 29.9 Å². The lowest BCUT2D eigenvalue weighted by atomic mass is 10.0. The number of pyridine rings is 1. The molecule has 0 bridgehead atoms. The van der Waals surface area contributed by atoms with E-state index in [2.05, 4.69) is 10.3 Å². The van der Waals surface area contributed by atoms with Gasteiger partial charge in [-0.3, -0.25) is 14.6 Å². The van der Waals surface area contributed by atoms with Crippen molar-refractivity contribution in [3.05, 3.63) is 30.1 Å². The number of hydrogen-bond donors (Lipinski definition) is 1. The van der Waals surface area contributed by atoms with Gasteiger partial charge in [-0.1, -0.05) is 6.07 Å². The third-order valence-corrected chi connectivity index (χ3v) is 4.40. The van der Waals surface area contributed by atoms with Gasteiger partial charge in [-0.25, -0.2) is 0 Å². The monoisotopic (exact) mass is 303 g/mol. The van der Waals surface area contributed by atoms with E-state index in [1.54, 1.807) is 17.3 Å². The van der Waals surface area contributed by atoms with Gasteiger partial charge in [-0.15, -0.1) is 0 Å². The molecule has 0 spiro atoms. The lowest BCUT2D eigenvalue weighted by Crippen LogP contribution is -2.41. The second-order valence-corrected chi connectivity index (χ2v) is 5.81. The molecule has 2 fully saturated rings. The molecule has 3 rings (SSSR count). The molecular weight excluding hydrogens is 282 g/mol. The fourth-order valence-corrected chi connectivity index (χ4v) is 3.16. The van der Waals surface area contributed by atoms with Crippen molar-refractivity contribution >= 4 is 11.8 Å². The number of aromatic nitrogens is 1. The Bertz CT molecular complexity index is 549. The molecule has 22 heavy (non-hydrogen) atoms. The zero-order chi connectivity index (χ0) is 15.5. The summed E-state index contributed by atoms with van der Waals surface area (Å²) >= 11 is 0. The normalized spacial score (nSPS) is 28.1. The summed E-state index contributed by atoms with van der Waals surface area (Å²) in [6.45, 7) is 3.73. The third-order valence-electron chi connectivity index (χ3n) is 4.40. The van der Waals surface area contributed by atoms with Gasteiger partial charge in [0.25, 0.3) is 0 Å². The largest absolute Gasteiger partial charge is 0.371 e. The maximum absolute atomic E-state index is 12.4. The molecule has 0 aliphatic carbocycles. The molecule has 2 aliphatic heterocycles. The third kappa shape index (κ3) is 2.97. The summed E-state index contributed by atoms with van der Waals surface area (Å²) in [6, 6.07) is 3.77. The molecule has 6 heteroatoms.